The van der Waals surface area contributed by atoms with Crippen molar-refractivity contribution in [2.45, 2.75) is 58.3 Å². The smallest absolute Gasteiger partial charge is 0.123 e. The Morgan fingerprint density at radius 2 is 1.15 bits per heavy atom. The van der Waals surface area contributed by atoms with Crippen LogP contribution in [0.3, 0.4) is 0 Å². The summed E-state index contributed by atoms with van der Waals surface area (Å²) in [6.07, 6.45) is 0. The molecule has 0 aliphatic heterocycles. The van der Waals surface area contributed by atoms with Gasteiger partial charge in [0.25, 0.3) is 0 Å². The first-order chi connectivity index (χ1) is 15.5. The maximum Gasteiger partial charge on any atom is 0.123 e. The second-order valence-electron chi connectivity index (χ2n) is 11.0. The van der Waals surface area contributed by atoms with Crippen molar-refractivity contribution in [2.24, 2.45) is 0 Å². The Bertz CT molecular complexity index is 1250. The van der Waals surface area contributed by atoms with Crippen molar-refractivity contribution in [3.8, 4) is 11.5 Å². The minimum Gasteiger partial charge on any atom is -0.508 e. The molecule has 0 unspecified atom stereocenters. The molecule has 2 N–H and O–H groups in total. The maximum absolute atomic E-state index is 11.3. The molecule has 4 aromatic carbocycles. The van der Waals surface area contributed by atoms with Gasteiger partial charge in [0.15, 0.2) is 0 Å². The molecule has 0 aromatic heterocycles. The van der Waals surface area contributed by atoms with Crippen LogP contribution < -0.4 is 0 Å². The molecule has 2 heteroatoms. The van der Waals surface area contributed by atoms with Crippen LogP contribution in [-0.2, 0) is 10.8 Å². The second kappa shape index (κ2) is 8.26. The van der Waals surface area contributed by atoms with E-state index in [0.29, 0.717) is 5.75 Å². The molecule has 0 bridgehead atoms. The first-order valence-corrected chi connectivity index (χ1v) is 11.6. The predicted molar refractivity (Wildman–Crippen MR) is 139 cm³/mol. The first-order valence-electron chi connectivity index (χ1n) is 11.6. The van der Waals surface area contributed by atoms with Crippen LogP contribution in [0.25, 0.3) is 10.8 Å². The molecule has 33 heavy (non-hydrogen) atoms. The van der Waals surface area contributed by atoms with Crippen LogP contribution in [0.4, 0.5) is 0 Å². The van der Waals surface area contributed by atoms with E-state index >= 15 is 0 Å². The van der Waals surface area contributed by atoms with Gasteiger partial charge in [0.05, 0.1) is 0 Å². The average Bonchev–Trinajstić information content (AvgIpc) is 2.75. The van der Waals surface area contributed by atoms with E-state index in [2.05, 4.69) is 77.9 Å². The van der Waals surface area contributed by atoms with Crippen LogP contribution in [0.15, 0.2) is 78.9 Å². The molecule has 0 spiro atoms. The quantitative estimate of drug-likeness (QED) is 0.318. The molecule has 170 valence electrons. The van der Waals surface area contributed by atoms with Gasteiger partial charge >= 0.3 is 0 Å². The van der Waals surface area contributed by atoms with Crippen molar-refractivity contribution in [1.82, 2.24) is 0 Å². The summed E-state index contributed by atoms with van der Waals surface area (Å²) in [6.45, 7) is 12.8. The lowest BCUT2D eigenvalue weighted by Crippen LogP contribution is -2.19. The van der Waals surface area contributed by atoms with E-state index in [0.717, 1.165) is 38.6 Å². The Morgan fingerprint density at radius 1 is 0.606 bits per heavy atom. The summed E-state index contributed by atoms with van der Waals surface area (Å²) >= 11 is 0. The van der Waals surface area contributed by atoms with Crippen LogP contribution in [-0.4, -0.2) is 10.2 Å². The lowest BCUT2D eigenvalue weighted by molar-refractivity contribution is 0.422. The fourth-order valence-electron chi connectivity index (χ4n) is 4.73. The normalized spacial score (nSPS) is 13.3. The summed E-state index contributed by atoms with van der Waals surface area (Å²) in [5.74, 6) is 0.470. The standard InChI is InChI=1S/C31H34O2/c1-30(2,3)24-18-22(19-25(29(24)33)31(4,5)6)27(21-13-8-7-9-14-21)28-23-15-11-10-12-20(23)16-17-26(28)32/h7-19,27,32-33H,1-6H3/t27-/m1/s1. The lowest BCUT2D eigenvalue weighted by Gasteiger charge is -2.30. The van der Waals surface area contributed by atoms with Gasteiger partial charge in [-0.1, -0.05) is 114 Å². The van der Waals surface area contributed by atoms with Crippen LogP contribution in [0.2, 0.25) is 0 Å². The van der Waals surface area contributed by atoms with Gasteiger partial charge in [-0.25, -0.2) is 0 Å². The molecule has 0 saturated heterocycles. The molecule has 0 saturated carbocycles. The van der Waals surface area contributed by atoms with Crippen molar-refractivity contribution < 1.29 is 10.2 Å². The molecule has 0 aliphatic rings. The van der Waals surface area contributed by atoms with E-state index in [1.165, 1.54) is 0 Å². The maximum atomic E-state index is 11.3. The number of phenols is 2. The highest BCUT2D eigenvalue weighted by molar-refractivity contribution is 5.89. The number of fused-ring (bicyclic) bond motifs is 1. The van der Waals surface area contributed by atoms with Gasteiger partial charge in [-0.05, 0) is 49.9 Å². The van der Waals surface area contributed by atoms with Crippen molar-refractivity contribution in [3.05, 3.63) is 107 Å². The van der Waals surface area contributed by atoms with Gasteiger partial charge in [-0.2, -0.15) is 0 Å². The van der Waals surface area contributed by atoms with Crippen LogP contribution in [0.5, 0.6) is 11.5 Å². The van der Waals surface area contributed by atoms with Crippen molar-refractivity contribution in [1.29, 1.82) is 0 Å². The Morgan fingerprint density at radius 3 is 1.73 bits per heavy atom. The van der Waals surface area contributed by atoms with Crippen LogP contribution >= 0.6 is 0 Å². The van der Waals surface area contributed by atoms with E-state index in [9.17, 15) is 10.2 Å². The summed E-state index contributed by atoms with van der Waals surface area (Å²) in [6, 6.07) is 26.6. The highest BCUT2D eigenvalue weighted by atomic mass is 16.3. The van der Waals surface area contributed by atoms with E-state index in [1.807, 2.05) is 36.4 Å². The van der Waals surface area contributed by atoms with Crippen LogP contribution in [0.1, 0.15) is 75.3 Å². The van der Waals surface area contributed by atoms with E-state index in [-0.39, 0.29) is 22.5 Å². The first kappa shape index (κ1) is 22.9. The number of hydrogen-bond acceptors (Lipinski definition) is 2. The third-order valence-electron chi connectivity index (χ3n) is 6.45. The fourth-order valence-corrected chi connectivity index (χ4v) is 4.73. The summed E-state index contributed by atoms with van der Waals surface area (Å²) in [5.41, 5.74) is 4.44. The molecular formula is C31H34O2. The van der Waals surface area contributed by atoms with Crippen molar-refractivity contribution >= 4 is 10.8 Å². The summed E-state index contributed by atoms with van der Waals surface area (Å²) in [4.78, 5) is 0. The molecule has 0 fully saturated rings. The zero-order chi connectivity index (χ0) is 24.0. The zero-order valence-corrected chi connectivity index (χ0v) is 20.5. The fraction of sp³-hybridized carbons (Fsp3) is 0.290. The number of phenolic OH excluding ortho intramolecular Hbond substituents is 2. The third kappa shape index (κ3) is 4.35. The average molecular weight is 439 g/mol. The van der Waals surface area contributed by atoms with Gasteiger partial charge in [-0.3, -0.25) is 0 Å². The largest absolute Gasteiger partial charge is 0.508 e. The van der Waals surface area contributed by atoms with E-state index in [4.69, 9.17) is 0 Å². The summed E-state index contributed by atoms with van der Waals surface area (Å²) in [7, 11) is 0. The molecule has 1 atom stereocenters. The Labute approximate surface area is 197 Å². The Hall–Kier alpha value is -3.26. The number of aromatic hydroxyl groups is 2. The Kier molecular flexibility index (Phi) is 5.74. The van der Waals surface area contributed by atoms with Gasteiger partial charge in [0.2, 0.25) is 0 Å². The molecule has 4 aromatic rings. The highest BCUT2D eigenvalue weighted by Crippen LogP contribution is 2.46. The zero-order valence-electron chi connectivity index (χ0n) is 20.5. The van der Waals surface area contributed by atoms with Crippen molar-refractivity contribution in [3.63, 3.8) is 0 Å². The second-order valence-corrected chi connectivity index (χ2v) is 11.0. The predicted octanol–water partition coefficient (Wildman–Crippen LogP) is 8.03. The number of rotatable bonds is 3. The minimum absolute atomic E-state index is 0.180. The van der Waals surface area contributed by atoms with Crippen molar-refractivity contribution in [2.75, 3.05) is 0 Å². The highest BCUT2D eigenvalue weighted by Gasteiger charge is 2.30. The topological polar surface area (TPSA) is 40.5 Å². The molecule has 2 nitrogen and oxygen atoms in total. The van der Waals surface area contributed by atoms with E-state index < -0.39 is 0 Å². The SMILES string of the molecule is CC(C)(C)c1cc([C@@H](c2ccccc2)c2c(O)ccc3ccccc23)cc(C(C)(C)C)c1O. The van der Waals surface area contributed by atoms with Crippen LogP contribution in [0, 0.1) is 0 Å². The van der Waals surface area contributed by atoms with Gasteiger partial charge in [0, 0.05) is 11.5 Å². The molecule has 0 radical (unpaired) electrons. The van der Waals surface area contributed by atoms with Gasteiger partial charge in [-0.15, -0.1) is 0 Å². The number of benzene rings is 4. The molecule has 0 heterocycles. The lowest BCUT2D eigenvalue weighted by atomic mass is 9.74. The van der Waals surface area contributed by atoms with Gasteiger partial charge in [0.1, 0.15) is 11.5 Å². The molecule has 4 rings (SSSR count). The minimum atomic E-state index is -0.234. The van der Waals surface area contributed by atoms with E-state index in [1.54, 1.807) is 6.07 Å². The summed E-state index contributed by atoms with van der Waals surface area (Å²) < 4.78 is 0. The molecular weight excluding hydrogens is 404 g/mol. The van der Waals surface area contributed by atoms with Gasteiger partial charge < -0.3 is 10.2 Å². The third-order valence-corrected chi connectivity index (χ3v) is 6.45. The molecule has 0 amide bonds. The Balaban J connectivity index is 2.12. The monoisotopic (exact) mass is 438 g/mol. The number of hydrogen-bond donors (Lipinski definition) is 2. The summed E-state index contributed by atoms with van der Waals surface area (Å²) in [5, 5.41) is 24.6. The molecule has 0 aliphatic carbocycles.